The van der Waals surface area contributed by atoms with Gasteiger partial charge in [-0.1, -0.05) is 54.6 Å². The summed E-state index contributed by atoms with van der Waals surface area (Å²) < 4.78 is 11.3. The predicted molar refractivity (Wildman–Crippen MR) is 111 cm³/mol. The van der Waals surface area contributed by atoms with Crippen LogP contribution in [0.25, 0.3) is 0 Å². The van der Waals surface area contributed by atoms with Crippen molar-refractivity contribution in [3.8, 4) is 11.6 Å². The van der Waals surface area contributed by atoms with Crippen LogP contribution in [0.3, 0.4) is 0 Å². The SMILES string of the molecule is O=C(OCc1ccccc1)N1CCCCC1c1ccc(Oc2ccccc2)nc1. The molecule has 0 saturated carbocycles. The zero-order chi connectivity index (χ0) is 19.9. The van der Waals surface area contributed by atoms with Crippen LogP contribution in [0.5, 0.6) is 11.6 Å². The van der Waals surface area contributed by atoms with Gasteiger partial charge in [-0.05, 0) is 42.5 Å². The summed E-state index contributed by atoms with van der Waals surface area (Å²) >= 11 is 0. The molecule has 1 unspecified atom stereocenters. The first-order valence-electron chi connectivity index (χ1n) is 9.96. The minimum Gasteiger partial charge on any atom is -0.445 e. The van der Waals surface area contributed by atoms with Gasteiger partial charge in [0, 0.05) is 18.8 Å². The van der Waals surface area contributed by atoms with Crippen LogP contribution in [0, 0.1) is 0 Å². The van der Waals surface area contributed by atoms with E-state index in [9.17, 15) is 4.79 Å². The van der Waals surface area contributed by atoms with Gasteiger partial charge in [0.2, 0.25) is 5.88 Å². The van der Waals surface area contributed by atoms with Gasteiger partial charge in [-0.15, -0.1) is 0 Å². The fourth-order valence-corrected chi connectivity index (χ4v) is 3.56. The number of piperidine rings is 1. The van der Waals surface area contributed by atoms with Crippen molar-refractivity contribution in [2.75, 3.05) is 6.54 Å². The van der Waals surface area contributed by atoms with Gasteiger partial charge in [-0.2, -0.15) is 0 Å². The number of amides is 1. The fraction of sp³-hybridized carbons (Fsp3) is 0.250. The maximum Gasteiger partial charge on any atom is 0.410 e. The monoisotopic (exact) mass is 388 g/mol. The van der Waals surface area contributed by atoms with Gasteiger partial charge in [0.1, 0.15) is 12.4 Å². The van der Waals surface area contributed by atoms with Crippen LogP contribution in [0.15, 0.2) is 79.0 Å². The predicted octanol–water partition coefficient (Wildman–Crippen LogP) is 5.74. The normalized spacial score (nSPS) is 16.3. The smallest absolute Gasteiger partial charge is 0.410 e. The lowest BCUT2D eigenvalue weighted by atomic mass is 9.97. The molecule has 1 aliphatic heterocycles. The van der Waals surface area contributed by atoms with E-state index >= 15 is 0 Å². The first-order valence-corrected chi connectivity index (χ1v) is 9.96. The van der Waals surface area contributed by atoms with Gasteiger partial charge in [-0.25, -0.2) is 9.78 Å². The highest BCUT2D eigenvalue weighted by Gasteiger charge is 2.29. The van der Waals surface area contributed by atoms with E-state index in [0.29, 0.717) is 12.4 Å². The molecule has 29 heavy (non-hydrogen) atoms. The molecule has 1 aliphatic rings. The molecule has 4 rings (SSSR count). The van der Waals surface area contributed by atoms with Crippen LogP contribution in [0.4, 0.5) is 4.79 Å². The van der Waals surface area contributed by atoms with Crippen molar-refractivity contribution in [1.82, 2.24) is 9.88 Å². The Bertz CT molecular complexity index is 914. The zero-order valence-corrected chi connectivity index (χ0v) is 16.2. The number of rotatable bonds is 5. The van der Waals surface area contributed by atoms with Crippen LogP contribution in [0.2, 0.25) is 0 Å². The molecular weight excluding hydrogens is 364 g/mol. The Morgan fingerprint density at radius 3 is 2.45 bits per heavy atom. The standard InChI is InChI=1S/C24H24N2O3/c27-24(28-18-19-9-3-1-4-10-19)26-16-8-7-13-22(26)20-14-15-23(25-17-20)29-21-11-5-2-6-12-21/h1-6,9-12,14-15,17,22H,7-8,13,16,18H2. The molecule has 1 aromatic heterocycles. The largest absolute Gasteiger partial charge is 0.445 e. The summed E-state index contributed by atoms with van der Waals surface area (Å²) in [4.78, 5) is 19.0. The third kappa shape index (κ3) is 4.93. The maximum atomic E-state index is 12.7. The first kappa shape index (κ1) is 19.0. The second kappa shape index (κ2) is 9.24. The van der Waals surface area contributed by atoms with E-state index in [0.717, 1.165) is 36.1 Å². The van der Waals surface area contributed by atoms with Crippen molar-refractivity contribution < 1.29 is 14.3 Å². The average molecular weight is 388 g/mol. The van der Waals surface area contributed by atoms with Crippen molar-refractivity contribution in [2.24, 2.45) is 0 Å². The first-order chi connectivity index (χ1) is 14.3. The van der Waals surface area contributed by atoms with Crippen LogP contribution >= 0.6 is 0 Å². The van der Waals surface area contributed by atoms with Crippen molar-refractivity contribution >= 4 is 6.09 Å². The molecule has 0 aliphatic carbocycles. The van der Waals surface area contributed by atoms with Crippen molar-refractivity contribution in [2.45, 2.75) is 31.9 Å². The lowest BCUT2D eigenvalue weighted by molar-refractivity contribution is 0.0678. The molecule has 0 radical (unpaired) electrons. The third-order valence-electron chi connectivity index (χ3n) is 5.05. The molecule has 1 fully saturated rings. The molecule has 148 valence electrons. The summed E-state index contributed by atoms with van der Waals surface area (Å²) in [6.45, 7) is 0.978. The van der Waals surface area contributed by atoms with E-state index in [2.05, 4.69) is 4.98 Å². The summed E-state index contributed by atoms with van der Waals surface area (Å²) in [7, 11) is 0. The Balaban J connectivity index is 1.42. The lowest BCUT2D eigenvalue weighted by Crippen LogP contribution is -2.38. The number of carbonyl (C=O) groups is 1. The number of pyridine rings is 1. The van der Waals surface area contributed by atoms with Crippen molar-refractivity contribution in [3.63, 3.8) is 0 Å². The Morgan fingerprint density at radius 1 is 0.966 bits per heavy atom. The number of aromatic nitrogens is 1. The number of ether oxygens (including phenoxy) is 2. The molecule has 0 spiro atoms. The Kier molecular flexibility index (Phi) is 6.05. The summed E-state index contributed by atoms with van der Waals surface area (Å²) in [6.07, 6.45) is 4.49. The zero-order valence-electron chi connectivity index (χ0n) is 16.2. The Hall–Kier alpha value is -3.34. The van der Waals surface area contributed by atoms with E-state index < -0.39 is 0 Å². The van der Waals surface area contributed by atoms with E-state index in [4.69, 9.17) is 9.47 Å². The summed E-state index contributed by atoms with van der Waals surface area (Å²) in [5.41, 5.74) is 1.99. The lowest BCUT2D eigenvalue weighted by Gasteiger charge is -2.35. The Labute approximate surface area is 170 Å². The molecule has 2 heterocycles. The minimum absolute atomic E-state index is 0.0229. The highest BCUT2D eigenvalue weighted by Crippen LogP contribution is 2.32. The van der Waals surface area contributed by atoms with E-state index in [-0.39, 0.29) is 18.7 Å². The molecule has 2 aromatic carbocycles. The molecule has 0 N–H and O–H groups in total. The van der Waals surface area contributed by atoms with Crippen LogP contribution in [0.1, 0.15) is 36.4 Å². The molecular formula is C24H24N2O3. The minimum atomic E-state index is -0.275. The topological polar surface area (TPSA) is 51.7 Å². The summed E-state index contributed by atoms with van der Waals surface area (Å²) in [5.74, 6) is 1.28. The Morgan fingerprint density at radius 2 is 1.72 bits per heavy atom. The number of carbonyl (C=O) groups excluding carboxylic acids is 1. The van der Waals surface area contributed by atoms with Gasteiger partial charge in [0.05, 0.1) is 6.04 Å². The number of hydrogen-bond acceptors (Lipinski definition) is 4. The average Bonchev–Trinajstić information content (AvgIpc) is 2.79. The molecule has 0 bridgehead atoms. The van der Waals surface area contributed by atoms with E-state index in [1.165, 1.54) is 0 Å². The fourth-order valence-electron chi connectivity index (χ4n) is 3.56. The summed E-state index contributed by atoms with van der Waals surface area (Å²) in [5, 5.41) is 0. The highest BCUT2D eigenvalue weighted by atomic mass is 16.6. The van der Waals surface area contributed by atoms with Crippen LogP contribution in [-0.2, 0) is 11.3 Å². The quantitative estimate of drug-likeness (QED) is 0.559. The van der Waals surface area contributed by atoms with Crippen LogP contribution in [-0.4, -0.2) is 22.5 Å². The third-order valence-corrected chi connectivity index (χ3v) is 5.05. The van der Waals surface area contributed by atoms with Gasteiger partial charge >= 0.3 is 6.09 Å². The van der Waals surface area contributed by atoms with E-state index in [1.807, 2.05) is 77.7 Å². The highest BCUT2D eigenvalue weighted by molar-refractivity contribution is 5.68. The number of likely N-dealkylation sites (tertiary alicyclic amines) is 1. The van der Waals surface area contributed by atoms with Gasteiger partial charge < -0.3 is 14.4 Å². The molecule has 1 saturated heterocycles. The number of para-hydroxylation sites is 1. The number of hydrogen-bond donors (Lipinski definition) is 0. The van der Waals surface area contributed by atoms with Crippen LogP contribution < -0.4 is 4.74 Å². The number of benzene rings is 2. The van der Waals surface area contributed by atoms with Crippen molar-refractivity contribution in [1.29, 1.82) is 0 Å². The van der Waals surface area contributed by atoms with E-state index in [1.54, 1.807) is 6.20 Å². The molecule has 5 nitrogen and oxygen atoms in total. The molecule has 1 atom stereocenters. The van der Waals surface area contributed by atoms with Gasteiger partial charge in [-0.3, -0.25) is 0 Å². The molecule has 3 aromatic rings. The molecule has 1 amide bonds. The molecule has 5 heteroatoms. The second-order valence-corrected chi connectivity index (χ2v) is 7.09. The van der Waals surface area contributed by atoms with Gasteiger partial charge in [0.25, 0.3) is 0 Å². The van der Waals surface area contributed by atoms with Crippen molar-refractivity contribution in [3.05, 3.63) is 90.1 Å². The van der Waals surface area contributed by atoms with Gasteiger partial charge in [0.15, 0.2) is 0 Å². The maximum absolute atomic E-state index is 12.7. The number of nitrogens with zero attached hydrogens (tertiary/aromatic N) is 2. The second-order valence-electron chi connectivity index (χ2n) is 7.09. The summed E-state index contributed by atoms with van der Waals surface area (Å²) in [6, 6.07) is 23.1.